The molecule has 0 saturated heterocycles. The van der Waals surface area contributed by atoms with Gasteiger partial charge >= 0.3 is 0 Å². The molecule has 0 aromatic carbocycles. The second-order valence-corrected chi connectivity index (χ2v) is 14.4. The van der Waals surface area contributed by atoms with Crippen molar-refractivity contribution in [2.75, 3.05) is 52.6 Å². The minimum atomic E-state index is -0.869. The molecule has 0 aromatic rings. The molecule has 0 bridgehead atoms. The lowest BCUT2D eigenvalue weighted by Crippen LogP contribution is -2.58. The first kappa shape index (κ1) is 32.7. The van der Waals surface area contributed by atoms with Crippen LogP contribution in [-0.2, 0) is 19.1 Å². The Bertz CT molecular complexity index is 571. The largest absolute Gasteiger partial charge is 0.378 e. The number of alkyl halides is 2. The Balaban J connectivity index is 5.61. The van der Waals surface area contributed by atoms with Crippen molar-refractivity contribution in [2.24, 2.45) is 16.6 Å². The fourth-order valence-corrected chi connectivity index (χ4v) is 2.80. The number of carbonyl (C=O) groups excluding carboxylic acids is 2. The van der Waals surface area contributed by atoms with Crippen LogP contribution in [0.1, 0.15) is 48.5 Å². The molecule has 0 radical (unpaired) electrons. The van der Waals surface area contributed by atoms with Crippen LogP contribution < -0.4 is 21.7 Å². The summed E-state index contributed by atoms with van der Waals surface area (Å²) in [7, 11) is 0. The highest BCUT2D eigenvalue weighted by atomic mass is 79.9. The predicted octanol–water partition coefficient (Wildman–Crippen LogP) is 1.50. The average molecular weight is 604 g/mol. The van der Waals surface area contributed by atoms with Crippen LogP contribution >= 0.6 is 31.9 Å². The Hall–Kier alpha value is -0.300. The number of nitrogens with two attached hydrogens (primary N) is 1. The number of halogens is 2. The molecule has 196 valence electrons. The van der Waals surface area contributed by atoms with Crippen LogP contribution in [0, 0.1) is 10.8 Å². The summed E-state index contributed by atoms with van der Waals surface area (Å²) >= 11 is 6.83. The maximum absolute atomic E-state index is 12.6. The van der Waals surface area contributed by atoms with Crippen molar-refractivity contribution in [2.45, 2.75) is 63.3 Å². The summed E-state index contributed by atoms with van der Waals surface area (Å²) in [6.07, 6.45) is -0.869. The molecule has 0 rings (SSSR count). The normalized spacial score (nSPS) is 15.6. The van der Waals surface area contributed by atoms with Gasteiger partial charge in [0.2, 0.25) is 11.8 Å². The van der Waals surface area contributed by atoms with Crippen LogP contribution in [0.15, 0.2) is 0 Å². The zero-order chi connectivity index (χ0) is 25.9. The molecule has 0 aliphatic rings. The van der Waals surface area contributed by atoms with Crippen molar-refractivity contribution in [1.82, 2.24) is 16.0 Å². The minimum absolute atomic E-state index is 0.119. The smallest absolute Gasteiger partial charge is 0.236 e. The first-order chi connectivity index (χ1) is 14.9. The summed E-state index contributed by atoms with van der Waals surface area (Å²) in [6.45, 7) is 15.2. The lowest BCUT2D eigenvalue weighted by molar-refractivity contribution is -0.129. The van der Waals surface area contributed by atoms with E-state index in [0.717, 1.165) is 0 Å². The number of aliphatic hydroxyl groups excluding tert-OH is 1. The number of hydrogen-bond acceptors (Lipinski definition) is 7. The Kier molecular flexibility index (Phi) is 14.2. The van der Waals surface area contributed by atoms with Crippen molar-refractivity contribution in [3.8, 4) is 0 Å². The number of nitrogens with one attached hydrogen (secondary N) is 3. The second kappa shape index (κ2) is 14.3. The fraction of sp³-hybridized carbons (Fsp3) is 0.909. The highest BCUT2D eigenvalue weighted by Gasteiger charge is 2.37. The molecule has 11 heteroatoms. The van der Waals surface area contributed by atoms with E-state index in [4.69, 9.17) is 15.2 Å². The Morgan fingerprint density at radius 3 is 1.85 bits per heavy atom. The summed E-state index contributed by atoms with van der Waals surface area (Å²) in [5.41, 5.74) is 4.13. The Morgan fingerprint density at radius 2 is 1.39 bits per heavy atom. The number of amides is 2. The average Bonchev–Trinajstić information content (AvgIpc) is 2.68. The van der Waals surface area contributed by atoms with E-state index < -0.39 is 25.7 Å². The summed E-state index contributed by atoms with van der Waals surface area (Å²) in [6, 6.07) is 0. The van der Waals surface area contributed by atoms with Gasteiger partial charge in [-0.15, -0.1) is 0 Å². The van der Waals surface area contributed by atoms with E-state index in [9.17, 15) is 14.7 Å². The van der Waals surface area contributed by atoms with Crippen molar-refractivity contribution in [1.29, 1.82) is 0 Å². The van der Waals surface area contributed by atoms with E-state index in [-0.39, 0.29) is 38.1 Å². The van der Waals surface area contributed by atoms with Gasteiger partial charge in [0.15, 0.2) is 0 Å². The molecular weight excluding hydrogens is 560 g/mol. The molecular formula is C22H44Br2N4O5. The van der Waals surface area contributed by atoms with Gasteiger partial charge in [-0.05, 0) is 27.7 Å². The third-order valence-electron chi connectivity index (χ3n) is 4.83. The van der Waals surface area contributed by atoms with Gasteiger partial charge in [-0.1, -0.05) is 52.6 Å². The molecule has 0 aliphatic heterocycles. The van der Waals surface area contributed by atoms with Crippen LogP contribution in [0.2, 0.25) is 0 Å². The molecule has 0 aromatic heterocycles. The van der Waals surface area contributed by atoms with Gasteiger partial charge < -0.3 is 30.9 Å². The van der Waals surface area contributed by atoms with Gasteiger partial charge in [0.05, 0.1) is 35.1 Å². The summed E-state index contributed by atoms with van der Waals surface area (Å²) in [5.74, 6) is -0.312. The predicted molar refractivity (Wildman–Crippen MR) is 139 cm³/mol. The fourth-order valence-electron chi connectivity index (χ4n) is 2.50. The molecule has 0 heterocycles. The summed E-state index contributed by atoms with van der Waals surface area (Å²) in [4.78, 5) is 25.2. The van der Waals surface area contributed by atoms with E-state index in [1.165, 1.54) is 0 Å². The van der Waals surface area contributed by atoms with Crippen LogP contribution in [-0.4, -0.2) is 84.4 Å². The van der Waals surface area contributed by atoms with Gasteiger partial charge in [0.25, 0.3) is 0 Å². The lowest BCUT2D eigenvalue weighted by Gasteiger charge is -2.37. The third-order valence-corrected chi connectivity index (χ3v) is 5.63. The SMILES string of the molecule is CC(C)(C)C(=O)NCC(CNC(=O)C(C)(C)Br)(CNC(O)C(C)(C)Br)COCCOCCN. The van der Waals surface area contributed by atoms with Crippen LogP contribution in [0.4, 0.5) is 0 Å². The quantitative estimate of drug-likeness (QED) is 0.102. The standard InChI is InChI=1S/C22H44Br2N4O5/c1-19(2,3)16(29)26-12-22(13-27-17(30)20(4,5)23,14-28-18(31)21(6,7)24)15-33-11-10-32-9-8-25/h17,27,30H,8-15,25H2,1-7H3,(H,26,29)(H,28,31). The van der Waals surface area contributed by atoms with Crippen molar-refractivity contribution in [3.63, 3.8) is 0 Å². The van der Waals surface area contributed by atoms with E-state index in [2.05, 4.69) is 47.8 Å². The topological polar surface area (TPSA) is 135 Å². The first-order valence-corrected chi connectivity index (χ1v) is 12.7. The van der Waals surface area contributed by atoms with Crippen molar-refractivity contribution in [3.05, 3.63) is 0 Å². The van der Waals surface area contributed by atoms with Gasteiger partial charge in [-0.2, -0.15) is 0 Å². The molecule has 2 unspecified atom stereocenters. The van der Waals surface area contributed by atoms with Crippen LogP contribution in [0.5, 0.6) is 0 Å². The molecule has 6 N–H and O–H groups in total. The maximum atomic E-state index is 12.6. The van der Waals surface area contributed by atoms with E-state index in [0.29, 0.717) is 26.4 Å². The van der Waals surface area contributed by atoms with E-state index in [1.807, 2.05) is 34.6 Å². The molecule has 2 amide bonds. The second-order valence-electron chi connectivity index (χ2n) is 10.4. The van der Waals surface area contributed by atoms with Gasteiger partial charge in [0.1, 0.15) is 6.23 Å². The van der Waals surface area contributed by atoms with Gasteiger partial charge in [-0.3, -0.25) is 14.9 Å². The lowest BCUT2D eigenvalue weighted by atomic mass is 9.86. The molecule has 33 heavy (non-hydrogen) atoms. The van der Waals surface area contributed by atoms with Crippen LogP contribution in [0.3, 0.4) is 0 Å². The molecule has 9 nitrogen and oxygen atoms in total. The maximum Gasteiger partial charge on any atom is 0.236 e. The third kappa shape index (κ3) is 14.0. The zero-order valence-electron chi connectivity index (χ0n) is 21.1. The number of carbonyl (C=O) groups is 2. The van der Waals surface area contributed by atoms with Crippen molar-refractivity contribution < 1.29 is 24.2 Å². The number of aliphatic hydroxyl groups is 1. The minimum Gasteiger partial charge on any atom is -0.378 e. The number of hydrogen-bond donors (Lipinski definition) is 5. The zero-order valence-corrected chi connectivity index (χ0v) is 24.3. The van der Waals surface area contributed by atoms with E-state index in [1.54, 1.807) is 13.8 Å². The highest BCUT2D eigenvalue weighted by Crippen LogP contribution is 2.23. The van der Waals surface area contributed by atoms with Gasteiger partial charge in [0, 0.05) is 37.0 Å². The summed E-state index contributed by atoms with van der Waals surface area (Å²) in [5, 5.41) is 19.6. The Morgan fingerprint density at radius 1 is 0.879 bits per heavy atom. The van der Waals surface area contributed by atoms with Gasteiger partial charge in [-0.25, -0.2) is 0 Å². The summed E-state index contributed by atoms with van der Waals surface area (Å²) < 4.78 is 9.92. The van der Waals surface area contributed by atoms with Crippen molar-refractivity contribution >= 4 is 43.7 Å². The van der Waals surface area contributed by atoms with Crippen LogP contribution in [0.25, 0.3) is 0 Å². The number of rotatable bonds is 16. The molecule has 0 saturated carbocycles. The Labute approximate surface area is 215 Å². The highest BCUT2D eigenvalue weighted by molar-refractivity contribution is 9.10. The molecule has 0 spiro atoms. The molecule has 0 aliphatic carbocycles. The number of ether oxygens (including phenoxy) is 2. The molecule has 2 atom stereocenters. The monoisotopic (exact) mass is 602 g/mol. The van der Waals surface area contributed by atoms with E-state index >= 15 is 0 Å². The molecule has 0 fully saturated rings. The first-order valence-electron chi connectivity index (χ1n) is 11.2.